The molecule has 2 heteroatoms. The molecule has 3 rings (SSSR count). The maximum atomic E-state index is 9.75. The highest BCUT2D eigenvalue weighted by molar-refractivity contribution is 4.94. The van der Waals surface area contributed by atoms with Crippen molar-refractivity contribution in [1.29, 1.82) is 0 Å². The number of fused-ring (bicyclic) bond motifs is 3. The number of aliphatic hydroxyl groups excluding tert-OH is 2. The Hall–Kier alpha value is -0.0800. The summed E-state index contributed by atoms with van der Waals surface area (Å²) in [5, 5.41) is 19.5. The molecule has 0 aromatic heterocycles. The summed E-state index contributed by atoms with van der Waals surface area (Å²) in [7, 11) is 0. The zero-order valence-electron chi connectivity index (χ0n) is 10.0. The number of hydrogen-bond donors (Lipinski definition) is 2. The average molecular weight is 224 g/mol. The van der Waals surface area contributed by atoms with E-state index < -0.39 is 0 Å². The van der Waals surface area contributed by atoms with E-state index in [2.05, 4.69) is 0 Å². The quantitative estimate of drug-likeness (QED) is 0.663. The molecule has 3 fully saturated rings. The van der Waals surface area contributed by atoms with Gasteiger partial charge in [0.25, 0.3) is 0 Å². The van der Waals surface area contributed by atoms with Gasteiger partial charge in [-0.05, 0) is 75.0 Å². The van der Waals surface area contributed by atoms with Crippen molar-refractivity contribution in [3.05, 3.63) is 0 Å². The zero-order chi connectivity index (χ0) is 11.1. The smallest absolute Gasteiger partial charge is 0.0543 e. The average Bonchev–Trinajstić information content (AvgIpc) is 2.28. The summed E-state index contributed by atoms with van der Waals surface area (Å²) in [4.78, 5) is 0. The molecule has 0 aromatic rings. The lowest BCUT2D eigenvalue weighted by Crippen LogP contribution is -2.43. The molecule has 0 amide bonds. The van der Waals surface area contributed by atoms with Crippen LogP contribution in [-0.2, 0) is 0 Å². The molecule has 3 saturated carbocycles. The minimum atomic E-state index is -0.0213. The molecule has 0 heterocycles. The van der Waals surface area contributed by atoms with Crippen LogP contribution in [0.4, 0.5) is 0 Å². The largest absolute Gasteiger partial charge is 0.393 e. The highest BCUT2D eigenvalue weighted by Gasteiger charge is 2.43. The molecule has 6 unspecified atom stereocenters. The molecule has 0 bridgehead atoms. The molecule has 3 aliphatic carbocycles. The van der Waals surface area contributed by atoms with Crippen molar-refractivity contribution in [3.63, 3.8) is 0 Å². The Kier molecular flexibility index (Phi) is 2.97. The van der Waals surface area contributed by atoms with Gasteiger partial charge in [0.2, 0.25) is 0 Å². The number of rotatable bonds is 0. The third kappa shape index (κ3) is 1.91. The second-order valence-electron chi connectivity index (χ2n) is 6.36. The fraction of sp³-hybridized carbons (Fsp3) is 1.00. The van der Waals surface area contributed by atoms with Gasteiger partial charge in [0.1, 0.15) is 0 Å². The van der Waals surface area contributed by atoms with Crippen LogP contribution >= 0.6 is 0 Å². The van der Waals surface area contributed by atoms with Crippen molar-refractivity contribution in [2.24, 2.45) is 23.7 Å². The van der Waals surface area contributed by atoms with Gasteiger partial charge >= 0.3 is 0 Å². The number of aliphatic hydroxyl groups is 2. The summed E-state index contributed by atoms with van der Waals surface area (Å²) in [6.07, 6.45) is 9.18. The van der Waals surface area contributed by atoms with E-state index in [1.165, 1.54) is 25.7 Å². The van der Waals surface area contributed by atoms with Gasteiger partial charge in [-0.15, -0.1) is 0 Å². The van der Waals surface area contributed by atoms with Crippen molar-refractivity contribution in [1.82, 2.24) is 0 Å². The molecule has 2 nitrogen and oxygen atoms in total. The van der Waals surface area contributed by atoms with Crippen molar-refractivity contribution >= 4 is 0 Å². The third-order valence-electron chi connectivity index (χ3n) is 5.49. The van der Waals surface area contributed by atoms with Crippen molar-refractivity contribution in [2.75, 3.05) is 0 Å². The van der Waals surface area contributed by atoms with Gasteiger partial charge in [0, 0.05) is 0 Å². The van der Waals surface area contributed by atoms with Crippen molar-refractivity contribution in [3.8, 4) is 0 Å². The van der Waals surface area contributed by atoms with Crippen LogP contribution in [0.5, 0.6) is 0 Å². The lowest BCUT2D eigenvalue weighted by Gasteiger charge is -2.49. The van der Waals surface area contributed by atoms with E-state index in [-0.39, 0.29) is 12.2 Å². The molecule has 6 atom stereocenters. The van der Waals surface area contributed by atoms with Crippen molar-refractivity contribution in [2.45, 2.75) is 63.6 Å². The summed E-state index contributed by atoms with van der Waals surface area (Å²) in [5.74, 6) is 3.32. The van der Waals surface area contributed by atoms with Crippen LogP contribution in [0.1, 0.15) is 51.4 Å². The van der Waals surface area contributed by atoms with Gasteiger partial charge in [-0.25, -0.2) is 0 Å². The molecule has 0 spiro atoms. The Bertz CT molecular complexity index is 227. The summed E-state index contributed by atoms with van der Waals surface area (Å²) < 4.78 is 0. The molecule has 0 radical (unpaired) electrons. The normalized spacial score (nSPS) is 52.9. The molecule has 0 aliphatic heterocycles. The van der Waals surface area contributed by atoms with E-state index in [0.717, 1.165) is 49.4 Å². The van der Waals surface area contributed by atoms with Crippen LogP contribution in [0.15, 0.2) is 0 Å². The maximum Gasteiger partial charge on any atom is 0.0543 e. The van der Waals surface area contributed by atoms with E-state index in [4.69, 9.17) is 0 Å². The van der Waals surface area contributed by atoms with E-state index in [9.17, 15) is 10.2 Å². The Morgan fingerprint density at radius 1 is 0.562 bits per heavy atom. The summed E-state index contributed by atoms with van der Waals surface area (Å²) in [6.45, 7) is 0. The van der Waals surface area contributed by atoms with Gasteiger partial charge in [0.15, 0.2) is 0 Å². The van der Waals surface area contributed by atoms with Gasteiger partial charge in [-0.3, -0.25) is 0 Å². The van der Waals surface area contributed by atoms with Crippen LogP contribution in [0.2, 0.25) is 0 Å². The SMILES string of the molecule is OC1CCC2C(CCC3CC(O)CCC32)C1. The molecular weight excluding hydrogens is 200 g/mol. The first kappa shape index (κ1) is 11.0. The lowest BCUT2D eigenvalue weighted by atomic mass is 9.57. The second-order valence-corrected chi connectivity index (χ2v) is 6.36. The van der Waals surface area contributed by atoms with Crippen molar-refractivity contribution < 1.29 is 10.2 Å². The Morgan fingerprint density at radius 3 is 1.44 bits per heavy atom. The molecule has 2 N–H and O–H groups in total. The fourth-order valence-electron chi connectivity index (χ4n) is 4.74. The highest BCUT2D eigenvalue weighted by Crippen LogP contribution is 2.51. The summed E-state index contributed by atoms with van der Waals surface area (Å²) >= 11 is 0. The van der Waals surface area contributed by atoms with E-state index >= 15 is 0 Å². The van der Waals surface area contributed by atoms with Gasteiger partial charge in [-0.1, -0.05) is 0 Å². The highest BCUT2D eigenvalue weighted by atomic mass is 16.3. The zero-order valence-corrected chi connectivity index (χ0v) is 10.0. The van der Waals surface area contributed by atoms with E-state index in [1.807, 2.05) is 0 Å². The van der Waals surface area contributed by atoms with Gasteiger partial charge in [-0.2, -0.15) is 0 Å². The first-order valence-corrected chi connectivity index (χ1v) is 7.10. The van der Waals surface area contributed by atoms with Crippen LogP contribution in [0, 0.1) is 23.7 Å². The number of hydrogen-bond acceptors (Lipinski definition) is 2. The predicted molar refractivity (Wildman–Crippen MR) is 62.9 cm³/mol. The van der Waals surface area contributed by atoms with E-state index in [0.29, 0.717) is 0 Å². The van der Waals surface area contributed by atoms with Gasteiger partial charge < -0.3 is 10.2 Å². The van der Waals surface area contributed by atoms with Crippen LogP contribution in [-0.4, -0.2) is 22.4 Å². The fourth-order valence-corrected chi connectivity index (χ4v) is 4.74. The van der Waals surface area contributed by atoms with Crippen LogP contribution in [0.3, 0.4) is 0 Å². The molecule has 92 valence electrons. The third-order valence-corrected chi connectivity index (χ3v) is 5.49. The molecule has 3 aliphatic rings. The second kappa shape index (κ2) is 4.30. The molecule has 0 aromatic carbocycles. The first-order valence-electron chi connectivity index (χ1n) is 7.10. The van der Waals surface area contributed by atoms with E-state index in [1.54, 1.807) is 0 Å². The predicted octanol–water partition coefficient (Wildman–Crippen LogP) is 2.33. The van der Waals surface area contributed by atoms with Gasteiger partial charge in [0.05, 0.1) is 12.2 Å². The Balaban J connectivity index is 1.71. The molecule has 16 heavy (non-hydrogen) atoms. The van der Waals surface area contributed by atoms with Crippen LogP contribution in [0.25, 0.3) is 0 Å². The summed E-state index contributed by atoms with van der Waals surface area (Å²) in [6, 6.07) is 0. The minimum absolute atomic E-state index is 0.0213. The molecular formula is C14H24O2. The lowest BCUT2D eigenvalue weighted by molar-refractivity contribution is -0.0421. The summed E-state index contributed by atoms with van der Waals surface area (Å²) in [5.41, 5.74) is 0. The Morgan fingerprint density at radius 2 is 1.00 bits per heavy atom. The monoisotopic (exact) mass is 224 g/mol. The standard InChI is InChI=1S/C14H24O2/c15-11-3-5-13-9(7-11)1-2-10-8-12(16)4-6-14(10)13/h9-16H,1-8H2. The molecule has 0 saturated heterocycles. The maximum absolute atomic E-state index is 9.75. The van der Waals surface area contributed by atoms with Crippen LogP contribution < -0.4 is 0 Å². The minimum Gasteiger partial charge on any atom is -0.393 e. The Labute approximate surface area is 98.1 Å². The first-order chi connectivity index (χ1) is 7.74. The topological polar surface area (TPSA) is 40.5 Å².